The van der Waals surface area contributed by atoms with Gasteiger partial charge in [-0.15, -0.1) is 0 Å². The molecule has 0 spiro atoms. The summed E-state index contributed by atoms with van der Waals surface area (Å²) in [5, 5.41) is 2.95. The van der Waals surface area contributed by atoms with Gasteiger partial charge >= 0.3 is 0 Å². The van der Waals surface area contributed by atoms with E-state index in [1.54, 1.807) is 5.56 Å². The van der Waals surface area contributed by atoms with Crippen molar-refractivity contribution in [2.75, 3.05) is 0 Å². The molecule has 0 saturated heterocycles. The highest BCUT2D eigenvalue weighted by atomic mass is 14.2. The van der Waals surface area contributed by atoms with Gasteiger partial charge < -0.3 is 0 Å². The second kappa shape index (κ2) is 7.89. The zero-order valence-electron chi connectivity index (χ0n) is 16.6. The lowest BCUT2D eigenvalue weighted by molar-refractivity contribution is 0.820. The van der Waals surface area contributed by atoms with Gasteiger partial charge in [0.2, 0.25) is 0 Å². The van der Waals surface area contributed by atoms with E-state index in [1.165, 1.54) is 38.6 Å². The fraction of sp³-hybridized carbons (Fsp3) is 0.407. The first-order chi connectivity index (χ1) is 12.5. The Morgan fingerprint density at radius 3 is 1.93 bits per heavy atom. The first-order valence-electron chi connectivity index (χ1n) is 10.2. The van der Waals surface area contributed by atoms with Gasteiger partial charge in [0.15, 0.2) is 0 Å². The van der Waals surface area contributed by atoms with Gasteiger partial charge in [-0.25, -0.2) is 0 Å². The van der Waals surface area contributed by atoms with E-state index in [9.17, 15) is 0 Å². The van der Waals surface area contributed by atoms with Crippen molar-refractivity contribution < 1.29 is 0 Å². The van der Waals surface area contributed by atoms with Gasteiger partial charge in [0.05, 0.1) is 0 Å². The smallest absolute Gasteiger partial charge is 0.0146 e. The van der Waals surface area contributed by atoms with Crippen molar-refractivity contribution in [3.05, 3.63) is 81.9 Å². The third-order valence-electron chi connectivity index (χ3n) is 6.07. The largest absolute Gasteiger partial charge is 0.0776 e. The normalized spacial score (nSPS) is 13.7. The molecule has 4 aliphatic carbocycles. The average molecular weight is 359 g/mol. The molecule has 0 nitrogen and oxygen atoms in total. The molecule has 0 heteroatoms. The van der Waals surface area contributed by atoms with Crippen LogP contribution in [0.15, 0.2) is 48.5 Å². The molecule has 7 rings (SSSR count). The fourth-order valence-corrected chi connectivity index (χ4v) is 4.40. The monoisotopic (exact) mass is 358 g/mol. The lowest BCUT2D eigenvalue weighted by atomic mass is 9.86. The maximum absolute atomic E-state index is 2.47. The molecule has 142 valence electrons. The zero-order chi connectivity index (χ0) is 18.3. The highest BCUT2D eigenvalue weighted by Gasteiger charge is 2.14. The van der Waals surface area contributed by atoms with Crippen molar-refractivity contribution >= 4 is 10.8 Å². The van der Waals surface area contributed by atoms with Crippen LogP contribution in [0.25, 0.3) is 10.8 Å². The highest BCUT2D eigenvalue weighted by Crippen LogP contribution is 2.31. The summed E-state index contributed by atoms with van der Waals surface area (Å²) in [4.78, 5) is 0. The number of aryl methyl sites for hydroxylation is 4. The molecule has 4 aliphatic rings. The highest BCUT2D eigenvalue weighted by molar-refractivity contribution is 5.89. The molecular weight excluding hydrogens is 324 g/mol. The van der Waals surface area contributed by atoms with Crippen molar-refractivity contribution in [3.8, 4) is 0 Å². The fourth-order valence-electron chi connectivity index (χ4n) is 4.40. The van der Waals surface area contributed by atoms with E-state index < -0.39 is 0 Å². The summed E-state index contributed by atoms with van der Waals surface area (Å²) in [6, 6.07) is 19.1. The van der Waals surface area contributed by atoms with Crippen LogP contribution in [0.4, 0.5) is 0 Å². The summed E-state index contributed by atoms with van der Waals surface area (Å²) >= 11 is 0. The standard InChI is InChI=1S/C26H30.CH4/c1-17(2)23-13-14-24-20-9-11-21-7-5-19(15-25(21)18(3)4)6-8-22(12-10-20)26(24)16-23;/h5,7,10,12-18H,6,8-9,11H2,1-4H3;1H4. The predicted molar refractivity (Wildman–Crippen MR) is 120 cm³/mol. The summed E-state index contributed by atoms with van der Waals surface area (Å²) in [7, 11) is 0. The van der Waals surface area contributed by atoms with Crippen LogP contribution in [-0.2, 0) is 25.7 Å². The lowest BCUT2D eigenvalue weighted by Gasteiger charge is -2.19. The Balaban J connectivity index is 0.00000210. The van der Waals surface area contributed by atoms with E-state index in [0.717, 1.165) is 25.7 Å². The molecule has 0 atom stereocenters. The molecule has 0 fully saturated rings. The molecule has 0 amide bonds. The van der Waals surface area contributed by atoms with E-state index in [0.29, 0.717) is 11.8 Å². The van der Waals surface area contributed by atoms with E-state index >= 15 is 0 Å². The van der Waals surface area contributed by atoms with Gasteiger partial charge in [0, 0.05) is 0 Å². The molecule has 0 aliphatic heterocycles. The van der Waals surface area contributed by atoms with Crippen molar-refractivity contribution in [3.63, 3.8) is 0 Å². The minimum absolute atomic E-state index is 0. The zero-order valence-corrected chi connectivity index (χ0v) is 16.6. The topological polar surface area (TPSA) is 0 Å². The van der Waals surface area contributed by atoms with Gasteiger partial charge in [-0.3, -0.25) is 0 Å². The van der Waals surface area contributed by atoms with Gasteiger partial charge in [-0.05, 0) is 81.7 Å². The quantitative estimate of drug-likeness (QED) is 0.442. The summed E-state index contributed by atoms with van der Waals surface area (Å²) in [5.74, 6) is 1.18. The first-order valence-corrected chi connectivity index (χ1v) is 10.2. The molecule has 0 radical (unpaired) electrons. The Bertz CT molecular complexity index is 944. The third-order valence-corrected chi connectivity index (χ3v) is 6.07. The van der Waals surface area contributed by atoms with Crippen LogP contribution < -0.4 is 0 Å². The van der Waals surface area contributed by atoms with Crippen LogP contribution in [0.3, 0.4) is 0 Å². The van der Waals surface area contributed by atoms with Crippen molar-refractivity contribution in [2.45, 2.75) is 72.6 Å². The molecule has 0 N–H and O–H groups in total. The molecule has 0 saturated carbocycles. The minimum Gasteiger partial charge on any atom is -0.0776 e. The maximum Gasteiger partial charge on any atom is -0.0146 e. The number of benzene rings is 3. The van der Waals surface area contributed by atoms with Gasteiger partial charge in [-0.1, -0.05) is 83.7 Å². The van der Waals surface area contributed by atoms with Crippen molar-refractivity contribution in [1.29, 1.82) is 0 Å². The van der Waals surface area contributed by atoms with Crippen molar-refractivity contribution in [2.24, 2.45) is 0 Å². The SMILES string of the molecule is C.CC(C)c1ccc2c3ccc(c2c1)CCc1ccc(c(C(C)C)c1)CC3. The molecule has 4 bridgehead atoms. The molecule has 27 heavy (non-hydrogen) atoms. The van der Waals surface area contributed by atoms with Crippen molar-refractivity contribution in [1.82, 2.24) is 0 Å². The van der Waals surface area contributed by atoms with Crippen LogP contribution in [0.1, 0.15) is 80.3 Å². The van der Waals surface area contributed by atoms with Crippen LogP contribution in [0.2, 0.25) is 0 Å². The Morgan fingerprint density at radius 1 is 0.593 bits per heavy atom. The summed E-state index contributed by atoms with van der Waals surface area (Å²) in [6.45, 7) is 9.23. The summed E-state index contributed by atoms with van der Waals surface area (Å²) < 4.78 is 0. The minimum atomic E-state index is 0. The Hall–Kier alpha value is -2.08. The van der Waals surface area contributed by atoms with E-state index in [4.69, 9.17) is 0 Å². The molecule has 0 aromatic heterocycles. The summed E-state index contributed by atoms with van der Waals surface area (Å²) in [5.41, 5.74) is 9.01. The Morgan fingerprint density at radius 2 is 1.22 bits per heavy atom. The molecule has 0 heterocycles. The second-order valence-corrected chi connectivity index (χ2v) is 8.53. The van der Waals surface area contributed by atoms with Crippen LogP contribution >= 0.6 is 0 Å². The molecule has 3 aromatic carbocycles. The van der Waals surface area contributed by atoms with Gasteiger partial charge in [-0.2, -0.15) is 0 Å². The maximum atomic E-state index is 2.47. The first kappa shape index (κ1) is 19.7. The van der Waals surface area contributed by atoms with E-state index in [1.807, 2.05) is 0 Å². The average Bonchev–Trinajstić information content (AvgIpc) is 2.62. The Labute approximate surface area is 165 Å². The molecule has 0 unspecified atom stereocenters. The van der Waals surface area contributed by atoms with Gasteiger partial charge in [0.1, 0.15) is 0 Å². The second-order valence-electron chi connectivity index (χ2n) is 8.53. The van der Waals surface area contributed by atoms with Gasteiger partial charge in [0.25, 0.3) is 0 Å². The van der Waals surface area contributed by atoms with E-state index in [-0.39, 0.29) is 7.43 Å². The van der Waals surface area contributed by atoms with Crippen LogP contribution in [0.5, 0.6) is 0 Å². The number of hydrogen-bond donors (Lipinski definition) is 0. The third kappa shape index (κ3) is 3.81. The van der Waals surface area contributed by atoms with E-state index in [2.05, 4.69) is 76.2 Å². The van der Waals surface area contributed by atoms with Crippen LogP contribution in [-0.4, -0.2) is 0 Å². The number of rotatable bonds is 2. The lowest BCUT2D eigenvalue weighted by Crippen LogP contribution is -2.04. The Kier molecular flexibility index (Phi) is 5.75. The van der Waals surface area contributed by atoms with Crippen LogP contribution in [0, 0.1) is 0 Å². The number of hydrogen-bond acceptors (Lipinski definition) is 0. The summed E-state index contributed by atoms with van der Waals surface area (Å²) in [6.07, 6.45) is 4.50. The molecular formula is C27H34. The predicted octanol–water partition coefficient (Wildman–Crippen LogP) is 7.61. The molecule has 3 aromatic rings.